The molecule has 0 fully saturated rings. The topological polar surface area (TPSA) is 93.1 Å². The van der Waals surface area contributed by atoms with E-state index in [1.165, 1.54) is 11.3 Å². The zero-order valence-electron chi connectivity index (χ0n) is 20.4. The number of aryl methyl sites for hydroxylation is 1. The zero-order valence-corrected chi connectivity index (χ0v) is 21.2. The number of nitrogens with zero attached hydrogens (tertiary/aromatic N) is 3. The third kappa shape index (κ3) is 6.28. The number of anilines is 1. The SMILES string of the molecule is C=NCc1c(NC(=O)CCc2ccccc2OC)sc2c1CCN(C(=O)OCCc1ccccn1)C2. The van der Waals surface area contributed by atoms with Crippen LogP contribution in [0.5, 0.6) is 5.75 Å². The van der Waals surface area contributed by atoms with Gasteiger partial charge in [-0.1, -0.05) is 24.3 Å². The molecule has 36 heavy (non-hydrogen) atoms. The third-order valence-electron chi connectivity index (χ3n) is 6.07. The Bertz CT molecular complexity index is 1210. The normalized spacial score (nSPS) is 12.5. The van der Waals surface area contributed by atoms with Crippen LogP contribution < -0.4 is 10.1 Å². The quantitative estimate of drug-likeness (QED) is 0.404. The summed E-state index contributed by atoms with van der Waals surface area (Å²) in [5.41, 5.74) is 4.01. The number of rotatable bonds is 10. The highest BCUT2D eigenvalue weighted by Crippen LogP contribution is 2.38. The second-order valence-electron chi connectivity index (χ2n) is 8.41. The monoisotopic (exact) mass is 506 g/mol. The lowest BCUT2D eigenvalue weighted by atomic mass is 10.0. The van der Waals surface area contributed by atoms with Gasteiger partial charge in [0.2, 0.25) is 5.91 Å². The summed E-state index contributed by atoms with van der Waals surface area (Å²) >= 11 is 1.50. The number of methoxy groups -OCH3 is 1. The van der Waals surface area contributed by atoms with Crippen LogP contribution in [0.4, 0.5) is 9.80 Å². The Labute approximate surface area is 215 Å². The number of pyridine rings is 1. The van der Waals surface area contributed by atoms with Gasteiger partial charge in [0.05, 0.1) is 26.8 Å². The van der Waals surface area contributed by atoms with E-state index in [1.54, 1.807) is 18.2 Å². The van der Waals surface area contributed by atoms with Crippen LogP contribution in [0.3, 0.4) is 0 Å². The summed E-state index contributed by atoms with van der Waals surface area (Å²) in [7, 11) is 1.63. The molecule has 0 spiro atoms. The Morgan fingerprint density at radius 3 is 2.81 bits per heavy atom. The second-order valence-corrected chi connectivity index (χ2v) is 9.52. The molecular formula is C27H30N4O4S. The molecule has 9 heteroatoms. The standard InChI is InChI=1S/C27H30N4O4S/c1-28-17-22-21-12-15-31(27(33)35-16-13-20-8-5-6-14-29-20)18-24(21)36-26(22)30-25(32)11-10-19-7-3-4-9-23(19)34-2/h3-9,14H,1,10-13,15-18H2,2H3,(H,30,32). The number of ether oxygens (including phenoxy) is 2. The summed E-state index contributed by atoms with van der Waals surface area (Å²) in [6.45, 7) is 5.34. The minimum Gasteiger partial charge on any atom is -0.496 e. The lowest BCUT2D eigenvalue weighted by Gasteiger charge is -2.26. The Hall–Kier alpha value is -3.72. The first-order valence-corrected chi connectivity index (χ1v) is 12.7. The number of aliphatic imine (C=N–C) groups is 1. The minimum atomic E-state index is -0.337. The van der Waals surface area contributed by atoms with Crippen LogP contribution in [-0.2, 0) is 41.9 Å². The summed E-state index contributed by atoms with van der Waals surface area (Å²) in [6, 6.07) is 13.4. The Morgan fingerprint density at radius 1 is 1.19 bits per heavy atom. The number of fused-ring (bicyclic) bond motifs is 1. The predicted octanol–water partition coefficient (Wildman–Crippen LogP) is 4.66. The smallest absolute Gasteiger partial charge is 0.410 e. The molecule has 0 saturated carbocycles. The molecular weight excluding hydrogens is 476 g/mol. The number of nitrogens with one attached hydrogen (secondary N) is 1. The Morgan fingerprint density at radius 2 is 2.03 bits per heavy atom. The number of carbonyl (C=O) groups is 2. The number of thiophene rings is 1. The van der Waals surface area contributed by atoms with E-state index in [1.807, 2.05) is 42.5 Å². The molecule has 4 rings (SSSR count). The lowest BCUT2D eigenvalue weighted by molar-refractivity contribution is -0.116. The molecule has 0 saturated heterocycles. The van der Waals surface area contributed by atoms with Crippen LogP contribution in [-0.4, -0.2) is 48.9 Å². The number of benzene rings is 1. The molecule has 2 amide bonds. The molecule has 0 unspecified atom stereocenters. The average molecular weight is 507 g/mol. The maximum atomic E-state index is 12.8. The van der Waals surface area contributed by atoms with Gasteiger partial charge in [-0.2, -0.15) is 0 Å². The van der Waals surface area contributed by atoms with Crippen molar-refractivity contribution >= 4 is 35.1 Å². The lowest BCUT2D eigenvalue weighted by Crippen LogP contribution is -2.36. The molecule has 0 aliphatic carbocycles. The first-order valence-electron chi connectivity index (χ1n) is 11.9. The molecule has 1 aliphatic rings. The van der Waals surface area contributed by atoms with Crippen molar-refractivity contribution < 1.29 is 19.1 Å². The maximum Gasteiger partial charge on any atom is 0.410 e. The summed E-state index contributed by atoms with van der Waals surface area (Å²) in [6.07, 6.45) is 3.56. The van der Waals surface area contributed by atoms with E-state index in [2.05, 4.69) is 22.0 Å². The molecule has 188 valence electrons. The number of hydrogen-bond acceptors (Lipinski definition) is 7. The van der Waals surface area contributed by atoms with Crippen molar-refractivity contribution in [3.8, 4) is 5.75 Å². The molecule has 0 bridgehead atoms. The highest BCUT2D eigenvalue weighted by molar-refractivity contribution is 7.16. The van der Waals surface area contributed by atoms with Gasteiger partial charge in [0.15, 0.2) is 0 Å². The second kappa shape index (κ2) is 12.3. The molecule has 1 aromatic carbocycles. The van der Waals surface area contributed by atoms with Crippen molar-refractivity contribution in [1.29, 1.82) is 0 Å². The van der Waals surface area contributed by atoms with Crippen molar-refractivity contribution in [2.45, 2.75) is 38.8 Å². The molecule has 2 aromatic heterocycles. The first-order chi connectivity index (χ1) is 17.6. The fourth-order valence-corrected chi connectivity index (χ4v) is 5.52. The fourth-order valence-electron chi connectivity index (χ4n) is 4.23. The van der Waals surface area contributed by atoms with Gasteiger partial charge < -0.3 is 19.7 Å². The number of hydrogen-bond donors (Lipinski definition) is 1. The number of carbonyl (C=O) groups excluding carboxylic acids is 2. The summed E-state index contributed by atoms with van der Waals surface area (Å²) < 4.78 is 10.9. The molecule has 3 heterocycles. The number of para-hydroxylation sites is 1. The van der Waals surface area contributed by atoms with E-state index in [0.717, 1.165) is 38.0 Å². The molecule has 0 atom stereocenters. The van der Waals surface area contributed by atoms with E-state index in [4.69, 9.17) is 9.47 Å². The van der Waals surface area contributed by atoms with Gasteiger partial charge in [0, 0.05) is 41.7 Å². The van der Waals surface area contributed by atoms with Crippen LogP contribution in [0.25, 0.3) is 0 Å². The van der Waals surface area contributed by atoms with Gasteiger partial charge in [0.25, 0.3) is 0 Å². The van der Waals surface area contributed by atoms with Crippen molar-refractivity contribution in [2.24, 2.45) is 4.99 Å². The first kappa shape index (κ1) is 25.4. The van der Waals surface area contributed by atoms with Gasteiger partial charge in [-0.15, -0.1) is 11.3 Å². The number of amides is 2. The van der Waals surface area contributed by atoms with E-state index in [0.29, 0.717) is 45.3 Å². The molecule has 8 nitrogen and oxygen atoms in total. The van der Waals surface area contributed by atoms with E-state index < -0.39 is 0 Å². The van der Waals surface area contributed by atoms with E-state index in [-0.39, 0.29) is 18.6 Å². The van der Waals surface area contributed by atoms with Gasteiger partial charge in [0.1, 0.15) is 10.8 Å². The van der Waals surface area contributed by atoms with E-state index >= 15 is 0 Å². The van der Waals surface area contributed by atoms with Gasteiger partial charge >= 0.3 is 6.09 Å². The Kier molecular flexibility index (Phi) is 8.67. The van der Waals surface area contributed by atoms with Crippen molar-refractivity contribution in [3.05, 3.63) is 75.9 Å². The van der Waals surface area contributed by atoms with E-state index in [9.17, 15) is 9.59 Å². The summed E-state index contributed by atoms with van der Waals surface area (Å²) in [5, 5.41) is 3.85. The largest absolute Gasteiger partial charge is 0.496 e. The van der Waals surface area contributed by atoms with Crippen molar-refractivity contribution in [1.82, 2.24) is 9.88 Å². The van der Waals surface area contributed by atoms with Crippen molar-refractivity contribution in [3.63, 3.8) is 0 Å². The highest BCUT2D eigenvalue weighted by Gasteiger charge is 2.28. The zero-order chi connectivity index (χ0) is 25.3. The fraction of sp³-hybridized carbons (Fsp3) is 0.333. The summed E-state index contributed by atoms with van der Waals surface area (Å²) in [5.74, 6) is 0.705. The predicted molar refractivity (Wildman–Crippen MR) is 141 cm³/mol. The number of aromatic nitrogens is 1. The highest BCUT2D eigenvalue weighted by atomic mass is 32.1. The molecule has 3 aromatic rings. The van der Waals surface area contributed by atoms with Crippen molar-refractivity contribution in [2.75, 3.05) is 25.6 Å². The van der Waals surface area contributed by atoms with Crippen LogP contribution in [0, 0.1) is 0 Å². The van der Waals surface area contributed by atoms with Gasteiger partial charge in [-0.25, -0.2) is 4.79 Å². The van der Waals surface area contributed by atoms with Gasteiger partial charge in [-0.05, 0) is 48.9 Å². The molecule has 1 aliphatic heterocycles. The average Bonchev–Trinajstić information content (AvgIpc) is 3.24. The van der Waals surface area contributed by atoms with Crippen LogP contribution in [0.2, 0.25) is 0 Å². The maximum absolute atomic E-state index is 12.8. The van der Waals surface area contributed by atoms with Crippen LogP contribution >= 0.6 is 11.3 Å². The Balaban J connectivity index is 1.36. The van der Waals surface area contributed by atoms with Crippen LogP contribution in [0.1, 0.15) is 33.7 Å². The minimum absolute atomic E-state index is 0.0735. The molecule has 0 radical (unpaired) electrons. The van der Waals surface area contributed by atoms with Crippen LogP contribution in [0.15, 0.2) is 53.7 Å². The summed E-state index contributed by atoms with van der Waals surface area (Å²) in [4.78, 5) is 36.5. The third-order valence-corrected chi connectivity index (χ3v) is 7.25. The van der Waals surface area contributed by atoms with Gasteiger partial charge in [-0.3, -0.25) is 14.8 Å². The molecule has 1 N–H and O–H groups in total.